The van der Waals surface area contributed by atoms with Crippen molar-refractivity contribution in [2.45, 2.75) is 12.3 Å². The Labute approximate surface area is 136 Å². The van der Waals surface area contributed by atoms with E-state index >= 15 is 0 Å². The summed E-state index contributed by atoms with van der Waals surface area (Å²) in [7, 11) is 0. The fraction of sp³-hybridized carbons (Fsp3) is 0.125. The van der Waals surface area contributed by atoms with E-state index < -0.39 is 5.82 Å². The van der Waals surface area contributed by atoms with Gasteiger partial charge in [-0.1, -0.05) is 11.2 Å². The van der Waals surface area contributed by atoms with Crippen LogP contribution in [0, 0.1) is 5.82 Å². The fourth-order valence-electron chi connectivity index (χ4n) is 2.62. The van der Waals surface area contributed by atoms with Crippen LogP contribution < -0.4 is 11.1 Å². The zero-order chi connectivity index (χ0) is 16.7. The molecule has 3 heterocycles. The third-order valence-corrected chi connectivity index (χ3v) is 3.90. The number of imidazole rings is 1. The van der Waals surface area contributed by atoms with Gasteiger partial charge >= 0.3 is 0 Å². The largest absolute Gasteiger partial charge is 0.409 e. The number of rotatable bonds is 4. The van der Waals surface area contributed by atoms with E-state index in [9.17, 15) is 4.39 Å². The van der Waals surface area contributed by atoms with Gasteiger partial charge < -0.3 is 25.4 Å². The first-order valence-corrected chi connectivity index (χ1v) is 7.29. The SMILES string of the molecule is NC(=NO)c1ccc(F)c(NC2OC2c2cnc3ccccn23)c1. The summed E-state index contributed by atoms with van der Waals surface area (Å²) in [5.41, 5.74) is 7.87. The van der Waals surface area contributed by atoms with Gasteiger partial charge in [0.2, 0.25) is 0 Å². The Kier molecular flexibility index (Phi) is 3.31. The molecule has 2 aromatic heterocycles. The Bertz CT molecular complexity index is 939. The van der Waals surface area contributed by atoms with Crippen LogP contribution in [-0.4, -0.2) is 26.7 Å². The number of nitrogens with two attached hydrogens (primary N) is 1. The number of nitrogens with one attached hydrogen (secondary N) is 1. The number of benzene rings is 1. The van der Waals surface area contributed by atoms with Crippen LogP contribution in [0.25, 0.3) is 5.65 Å². The first kappa shape index (κ1) is 14.5. The summed E-state index contributed by atoms with van der Waals surface area (Å²) < 4.78 is 21.5. The van der Waals surface area contributed by atoms with Crippen LogP contribution in [0.2, 0.25) is 0 Å². The topological polar surface area (TPSA) is 100 Å². The van der Waals surface area contributed by atoms with Crippen LogP contribution >= 0.6 is 0 Å². The predicted molar refractivity (Wildman–Crippen MR) is 85.3 cm³/mol. The number of ether oxygens (including phenoxy) is 1. The van der Waals surface area contributed by atoms with Crippen molar-refractivity contribution in [1.29, 1.82) is 0 Å². The Morgan fingerprint density at radius 3 is 3.08 bits per heavy atom. The Hall–Kier alpha value is -3.13. The Balaban J connectivity index is 1.56. The second-order valence-electron chi connectivity index (χ2n) is 5.41. The molecule has 1 saturated heterocycles. The van der Waals surface area contributed by atoms with Crippen molar-refractivity contribution >= 4 is 17.2 Å². The lowest BCUT2D eigenvalue weighted by Crippen LogP contribution is -2.14. The molecule has 0 radical (unpaired) electrons. The number of anilines is 1. The van der Waals surface area contributed by atoms with Crippen LogP contribution in [0.4, 0.5) is 10.1 Å². The van der Waals surface area contributed by atoms with Crippen molar-refractivity contribution in [3.05, 3.63) is 65.9 Å². The zero-order valence-electron chi connectivity index (χ0n) is 12.4. The normalized spacial score (nSPS) is 20.3. The first-order chi connectivity index (χ1) is 11.7. The molecule has 0 amide bonds. The molecule has 0 aliphatic carbocycles. The van der Waals surface area contributed by atoms with E-state index in [2.05, 4.69) is 15.5 Å². The predicted octanol–water partition coefficient (Wildman–Crippen LogP) is 2.08. The molecule has 122 valence electrons. The average molecular weight is 327 g/mol. The minimum Gasteiger partial charge on any atom is -0.409 e. The minimum absolute atomic E-state index is 0.0897. The van der Waals surface area contributed by atoms with Crippen molar-refractivity contribution in [3.8, 4) is 0 Å². The van der Waals surface area contributed by atoms with E-state index in [4.69, 9.17) is 15.7 Å². The summed E-state index contributed by atoms with van der Waals surface area (Å²) in [4.78, 5) is 4.31. The second kappa shape index (κ2) is 5.50. The van der Waals surface area contributed by atoms with E-state index in [-0.39, 0.29) is 23.9 Å². The summed E-state index contributed by atoms with van der Waals surface area (Å²) in [5.74, 6) is -0.537. The molecule has 0 spiro atoms. The van der Waals surface area contributed by atoms with Crippen molar-refractivity contribution in [2.24, 2.45) is 10.9 Å². The van der Waals surface area contributed by atoms with E-state index in [1.807, 2.05) is 28.8 Å². The van der Waals surface area contributed by atoms with Gasteiger partial charge in [0.1, 0.15) is 17.6 Å². The molecule has 24 heavy (non-hydrogen) atoms. The highest BCUT2D eigenvalue weighted by atomic mass is 19.1. The summed E-state index contributed by atoms with van der Waals surface area (Å²) in [6.07, 6.45) is 3.04. The van der Waals surface area contributed by atoms with Gasteiger partial charge in [0.25, 0.3) is 0 Å². The highest BCUT2D eigenvalue weighted by Crippen LogP contribution is 2.39. The molecule has 2 unspecified atom stereocenters. The number of amidine groups is 1. The summed E-state index contributed by atoms with van der Waals surface area (Å²) in [6.45, 7) is 0. The molecule has 2 atom stereocenters. The maximum absolute atomic E-state index is 14.0. The van der Waals surface area contributed by atoms with Gasteiger partial charge in [-0.15, -0.1) is 0 Å². The lowest BCUT2D eigenvalue weighted by Gasteiger charge is -2.07. The molecule has 1 aromatic carbocycles. The second-order valence-corrected chi connectivity index (χ2v) is 5.41. The standard InChI is InChI=1S/C16H14FN5O2/c17-10-5-4-9(15(18)21-23)7-11(10)20-16-14(24-16)12-8-19-13-3-1-2-6-22(12)13/h1-8,14,16,20,23H,(H2,18,21). The molecule has 4 N–H and O–H groups in total. The molecule has 1 fully saturated rings. The van der Waals surface area contributed by atoms with Crippen molar-refractivity contribution in [3.63, 3.8) is 0 Å². The fourth-order valence-corrected chi connectivity index (χ4v) is 2.62. The van der Waals surface area contributed by atoms with E-state index in [1.54, 1.807) is 6.20 Å². The summed E-state index contributed by atoms with van der Waals surface area (Å²) >= 11 is 0. The van der Waals surface area contributed by atoms with Crippen molar-refractivity contribution < 1.29 is 14.3 Å². The van der Waals surface area contributed by atoms with Crippen LogP contribution in [0.1, 0.15) is 17.4 Å². The van der Waals surface area contributed by atoms with E-state index in [0.717, 1.165) is 11.3 Å². The molecule has 7 nitrogen and oxygen atoms in total. The van der Waals surface area contributed by atoms with Crippen LogP contribution in [0.5, 0.6) is 0 Å². The lowest BCUT2D eigenvalue weighted by atomic mass is 10.1. The number of oxime groups is 1. The summed E-state index contributed by atoms with van der Waals surface area (Å²) in [6, 6.07) is 9.87. The number of hydrogen-bond acceptors (Lipinski definition) is 5. The quantitative estimate of drug-likeness (QED) is 0.224. The van der Waals surface area contributed by atoms with Crippen LogP contribution in [0.3, 0.4) is 0 Å². The number of fused-ring (bicyclic) bond motifs is 1. The molecule has 3 aromatic rings. The summed E-state index contributed by atoms with van der Waals surface area (Å²) in [5, 5.41) is 14.6. The van der Waals surface area contributed by atoms with Gasteiger partial charge in [-0.3, -0.25) is 0 Å². The van der Waals surface area contributed by atoms with Gasteiger partial charge in [0.05, 0.1) is 17.6 Å². The van der Waals surface area contributed by atoms with Crippen molar-refractivity contribution in [1.82, 2.24) is 9.38 Å². The van der Waals surface area contributed by atoms with Crippen LogP contribution in [-0.2, 0) is 4.74 Å². The zero-order valence-corrected chi connectivity index (χ0v) is 12.4. The van der Waals surface area contributed by atoms with Crippen LogP contribution in [0.15, 0.2) is 53.9 Å². The molecule has 0 bridgehead atoms. The molecule has 4 rings (SSSR count). The third-order valence-electron chi connectivity index (χ3n) is 3.90. The molecular weight excluding hydrogens is 313 g/mol. The van der Waals surface area contributed by atoms with Gasteiger partial charge in [0.15, 0.2) is 12.1 Å². The Morgan fingerprint density at radius 1 is 1.38 bits per heavy atom. The Morgan fingerprint density at radius 2 is 2.25 bits per heavy atom. The highest BCUT2D eigenvalue weighted by molar-refractivity contribution is 5.97. The van der Waals surface area contributed by atoms with E-state index in [1.165, 1.54) is 18.2 Å². The molecule has 0 saturated carbocycles. The number of hydrogen-bond donors (Lipinski definition) is 3. The van der Waals surface area contributed by atoms with Gasteiger partial charge in [0, 0.05) is 11.8 Å². The number of aromatic nitrogens is 2. The maximum Gasteiger partial charge on any atom is 0.170 e. The monoisotopic (exact) mass is 327 g/mol. The smallest absolute Gasteiger partial charge is 0.170 e. The first-order valence-electron chi connectivity index (χ1n) is 7.29. The third kappa shape index (κ3) is 2.42. The highest BCUT2D eigenvalue weighted by Gasteiger charge is 2.42. The molecule has 1 aliphatic heterocycles. The van der Waals surface area contributed by atoms with Gasteiger partial charge in [-0.25, -0.2) is 9.37 Å². The molecule has 8 heteroatoms. The van der Waals surface area contributed by atoms with Gasteiger partial charge in [-0.2, -0.15) is 0 Å². The molecular formula is C16H14FN5O2. The van der Waals surface area contributed by atoms with E-state index in [0.29, 0.717) is 5.56 Å². The molecule has 1 aliphatic rings. The van der Waals surface area contributed by atoms with Crippen molar-refractivity contribution in [2.75, 3.05) is 5.32 Å². The number of pyridine rings is 1. The average Bonchev–Trinajstić information content (AvgIpc) is 3.23. The maximum atomic E-state index is 14.0. The number of nitrogens with zero attached hydrogens (tertiary/aromatic N) is 3. The minimum atomic E-state index is -0.447. The number of epoxide rings is 1. The number of halogens is 1. The van der Waals surface area contributed by atoms with Gasteiger partial charge in [-0.05, 0) is 30.3 Å². The lowest BCUT2D eigenvalue weighted by molar-refractivity contribution is 0.318.